The van der Waals surface area contributed by atoms with Crippen LogP contribution in [0.3, 0.4) is 0 Å². The van der Waals surface area contributed by atoms with Gasteiger partial charge in [-0.1, -0.05) is 28.9 Å². The molecule has 1 N–H and O–H groups in total. The number of aliphatic hydroxyl groups excluding tert-OH is 1. The summed E-state index contributed by atoms with van der Waals surface area (Å²) in [7, 11) is 0. The van der Waals surface area contributed by atoms with Crippen molar-refractivity contribution >= 4 is 15.9 Å². The Balaban J connectivity index is 2.05. The minimum atomic E-state index is -0.218. The first-order valence-electron chi connectivity index (χ1n) is 6.30. The molecule has 0 aliphatic carbocycles. The van der Waals surface area contributed by atoms with Crippen LogP contribution in [0.5, 0.6) is 0 Å². The SMILES string of the molecule is CC1(CO)CCCN(Cc2ccc(F)cc2Br)C1. The number of hydrogen-bond acceptors (Lipinski definition) is 2. The maximum absolute atomic E-state index is 13.0. The van der Waals surface area contributed by atoms with Crippen molar-refractivity contribution in [2.75, 3.05) is 19.7 Å². The maximum Gasteiger partial charge on any atom is 0.124 e. The van der Waals surface area contributed by atoms with E-state index in [-0.39, 0.29) is 17.8 Å². The van der Waals surface area contributed by atoms with Crippen LogP contribution in [0, 0.1) is 11.2 Å². The van der Waals surface area contributed by atoms with E-state index in [1.54, 1.807) is 0 Å². The summed E-state index contributed by atoms with van der Waals surface area (Å²) in [5.41, 5.74) is 1.10. The first-order valence-corrected chi connectivity index (χ1v) is 7.09. The summed E-state index contributed by atoms with van der Waals surface area (Å²) < 4.78 is 13.8. The molecule has 2 rings (SSSR count). The summed E-state index contributed by atoms with van der Waals surface area (Å²) in [4.78, 5) is 2.33. The molecule has 0 aromatic heterocycles. The van der Waals surface area contributed by atoms with E-state index in [0.29, 0.717) is 0 Å². The minimum Gasteiger partial charge on any atom is -0.396 e. The van der Waals surface area contributed by atoms with E-state index in [0.717, 1.165) is 42.5 Å². The van der Waals surface area contributed by atoms with Gasteiger partial charge in [0.25, 0.3) is 0 Å². The molecule has 1 atom stereocenters. The molecule has 0 bridgehead atoms. The second-order valence-corrected chi connectivity index (χ2v) is 6.37. The fourth-order valence-corrected chi connectivity index (χ4v) is 3.06. The summed E-state index contributed by atoms with van der Waals surface area (Å²) in [6, 6.07) is 4.82. The normalized spacial score (nSPS) is 25.3. The molecular formula is C14H19BrFNO. The van der Waals surface area contributed by atoms with Crippen LogP contribution < -0.4 is 0 Å². The maximum atomic E-state index is 13.0. The van der Waals surface area contributed by atoms with E-state index in [1.807, 2.05) is 6.07 Å². The zero-order valence-electron chi connectivity index (χ0n) is 10.6. The molecule has 1 aliphatic heterocycles. The van der Waals surface area contributed by atoms with Crippen molar-refractivity contribution in [2.24, 2.45) is 5.41 Å². The molecule has 1 fully saturated rings. The second kappa shape index (κ2) is 5.68. The third-order valence-corrected chi connectivity index (χ3v) is 4.39. The number of likely N-dealkylation sites (tertiary alicyclic amines) is 1. The number of hydrogen-bond donors (Lipinski definition) is 1. The van der Waals surface area contributed by atoms with Gasteiger partial charge < -0.3 is 5.11 Å². The third-order valence-electron chi connectivity index (χ3n) is 3.65. The highest BCUT2D eigenvalue weighted by Gasteiger charge is 2.30. The van der Waals surface area contributed by atoms with E-state index in [9.17, 15) is 9.50 Å². The van der Waals surface area contributed by atoms with E-state index >= 15 is 0 Å². The smallest absolute Gasteiger partial charge is 0.124 e. The Hall–Kier alpha value is -0.450. The summed E-state index contributed by atoms with van der Waals surface area (Å²) in [5, 5.41) is 9.44. The summed E-state index contributed by atoms with van der Waals surface area (Å²) in [6.45, 7) is 5.09. The number of rotatable bonds is 3. The highest BCUT2D eigenvalue weighted by molar-refractivity contribution is 9.10. The zero-order chi connectivity index (χ0) is 13.2. The summed E-state index contributed by atoms with van der Waals surface area (Å²) >= 11 is 3.40. The summed E-state index contributed by atoms with van der Waals surface area (Å²) in [6.07, 6.45) is 2.18. The standard InChI is InChI=1S/C14H19BrFNO/c1-14(10-18)5-2-6-17(9-14)8-11-3-4-12(16)7-13(11)15/h3-4,7,18H,2,5-6,8-10H2,1H3. The first kappa shape index (κ1) is 14.0. The first-order chi connectivity index (χ1) is 8.52. The van der Waals surface area contributed by atoms with Crippen molar-refractivity contribution in [2.45, 2.75) is 26.3 Å². The molecule has 1 heterocycles. The van der Waals surface area contributed by atoms with E-state index in [2.05, 4.69) is 27.8 Å². The van der Waals surface area contributed by atoms with Crippen molar-refractivity contribution in [3.05, 3.63) is 34.1 Å². The van der Waals surface area contributed by atoms with E-state index in [1.165, 1.54) is 12.1 Å². The summed E-state index contributed by atoms with van der Waals surface area (Å²) in [5.74, 6) is -0.218. The molecule has 100 valence electrons. The molecule has 4 heteroatoms. The Morgan fingerprint density at radius 3 is 2.94 bits per heavy atom. The molecule has 18 heavy (non-hydrogen) atoms. The number of nitrogens with zero attached hydrogens (tertiary/aromatic N) is 1. The molecule has 1 aromatic carbocycles. The Labute approximate surface area is 116 Å². The largest absolute Gasteiger partial charge is 0.396 e. The average Bonchev–Trinajstić information content (AvgIpc) is 2.33. The number of aliphatic hydroxyl groups is 1. The third kappa shape index (κ3) is 3.31. The molecular weight excluding hydrogens is 297 g/mol. The average molecular weight is 316 g/mol. The van der Waals surface area contributed by atoms with Gasteiger partial charge in [-0.2, -0.15) is 0 Å². The van der Waals surface area contributed by atoms with Gasteiger partial charge in [0.05, 0.1) is 0 Å². The molecule has 0 radical (unpaired) electrons. The predicted molar refractivity (Wildman–Crippen MR) is 73.8 cm³/mol. The van der Waals surface area contributed by atoms with Crippen LogP contribution in [0.1, 0.15) is 25.3 Å². The van der Waals surface area contributed by atoms with Crippen LogP contribution in [0.2, 0.25) is 0 Å². The van der Waals surface area contributed by atoms with E-state index in [4.69, 9.17) is 0 Å². The topological polar surface area (TPSA) is 23.5 Å². The van der Waals surface area contributed by atoms with Crippen LogP contribution in [0.15, 0.2) is 22.7 Å². The van der Waals surface area contributed by atoms with Gasteiger partial charge in [-0.3, -0.25) is 4.90 Å². The van der Waals surface area contributed by atoms with Gasteiger partial charge in [-0.25, -0.2) is 4.39 Å². The molecule has 1 aromatic rings. The van der Waals surface area contributed by atoms with Gasteiger partial charge in [-0.15, -0.1) is 0 Å². The number of halogens is 2. The fraction of sp³-hybridized carbons (Fsp3) is 0.571. The molecule has 0 amide bonds. The Kier molecular flexibility index (Phi) is 4.41. The lowest BCUT2D eigenvalue weighted by Crippen LogP contribution is -2.43. The van der Waals surface area contributed by atoms with Crippen molar-refractivity contribution in [1.29, 1.82) is 0 Å². The van der Waals surface area contributed by atoms with Gasteiger partial charge in [0, 0.05) is 29.6 Å². The van der Waals surface area contributed by atoms with E-state index < -0.39 is 0 Å². The van der Waals surface area contributed by atoms with Crippen molar-refractivity contribution < 1.29 is 9.50 Å². The van der Waals surface area contributed by atoms with Crippen LogP contribution >= 0.6 is 15.9 Å². The van der Waals surface area contributed by atoms with Crippen molar-refractivity contribution in [3.8, 4) is 0 Å². The molecule has 1 unspecified atom stereocenters. The lowest BCUT2D eigenvalue weighted by atomic mass is 9.82. The Morgan fingerprint density at radius 2 is 2.28 bits per heavy atom. The minimum absolute atomic E-state index is 0.00472. The van der Waals surface area contributed by atoms with Crippen LogP contribution in [0.4, 0.5) is 4.39 Å². The van der Waals surface area contributed by atoms with Crippen molar-refractivity contribution in [3.63, 3.8) is 0 Å². The molecule has 1 aliphatic rings. The molecule has 0 saturated carbocycles. The Bertz CT molecular complexity index is 426. The Morgan fingerprint density at radius 1 is 1.50 bits per heavy atom. The number of piperidine rings is 1. The van der Waals surface area contributed by atoms with Crippen LogP contribution in [-0.2, 0) is 6.54 Å². The molecule has 2 nitrogen and oxygen atoms in total. The fourth-order valence-electron chi connectivity index (χ4n) is 2.58. The lowest BCUT2D eigenvalue weighted by Gasteiger charge is -2.39. The van der Waals surface area contributed by atoms with Crippen molar-refractivity contribution in [1.82, 2.24) is 4.90 Å². The second-order valence-electron chi connectivity index (χ2n) is 5.52. The molecule has 0 spiro atoms. The van der Waals surface area contributed by atoms with Crippen LogP contribution in [-0.4, -0.2) is 29.7 Å². The van der Waals surface area contributed by atoms with Gasteiger partial charge in [0.1, 0.15) is 5.82 Å². The molecule has 1 saturated heterocycles. The van der Waals surface area contributed by atoms with Gasteiger partial charge in [0.15, 0.2) is 0 Å². The van der Waals surface area contributed by atoms with Gasteiger partial charge in [0.2, 0.25) is 0 Å². The quantitative estimate of drug-likeness (QED) is 0.926. The predicted octanol–water partition coefficient (Wildman–Crippen LogP) is 3.18. The van der Waals surface area contributed by atoms with Gasteiger partial charge in [-0.05, 0) is 37.1 Å². The lowest BCUT2D eigenvalue weighted by molar-refractivity contribution is 0.0428. The monoisotopic (exact) mass is 315 g/mol. The highest BCUT2D eigenvalue weighted by atomic mass is 79.9. The zero-order valence-corrected chi connectivity index (χ0v) is 12.2. The highest BCUT2D eigenvalue weighted by Crippen LogP contribution is 2.30. The van der Waals surface area contributed by atoms with Crippen LogP contribution in [0.25, 0.3) is 0 Å². The van der Waals surface area contributed by atoms with Gasteiger partial charge >= 0.3 is 0 Å². The number of benzene rings is 1.